The van der Waals surface area contributed by atoms with Gasteiger partial charge in [-0.05, 0) is 52.8 Å². The highest BCUT2D eigenvalue weighted by Gasteiger charge is 2.34. The van der Waals surface area contributed by atoms with Gasteiger partial charge in [-0.25, -0.2) is 0 Å². The summed E-state index contributed by atoms with van der Waals surface area (Å²) in [5.41, 5.74) is 10.1. The fourth-order valence-corrected chi connectivity index (χ4v) is 4.55. The Balaban J connectivity index is 1.44. The van der Waals surface area contributed by atoms with Gasteiger partial charge in [-0.3, -0.25) is 14.6 Å². The molecule has 6 nitrogen and oxygen atoms in total. The summed E-state index contributed by atoms with van der Waals surface area (Å²) >= 11 is 0. The predicted octanol–water partition coefficient (Wildman–Crippen LogP) is 3.94. The average molecular weight is 451 g/mol. The van der Waals surface area contributed by atoms with Crippen LogP contribution in [0.1, 0.15) is 27.0 Å². The molecule has 1 aliphatic rings. The van der Waals surface area contributed by atoms with Gasteiger partial charge in [0.25, 0.3) is 5.91 Å². The van der Waals surface area contributed by atoms with Crippen molar-refractivity contribution in [3.63, 3.8) is 0 Å². The van der Waals surface area contributed by atoms with Crippen molar-refractivity contribution in [1.29, 1.82) is 0 Å². The summed E-state index contributed by atoms with van der Waals surface area (Å²) in [5.74, 6) is -0.328. The first kappa shape index (κ1) is 21.8. The quantitative estimate of drug-likeness (QED) is 0.466. The highest BCUT2D eigenvalue weighted by molar-refractivity contribution is 6.03. The third kappa shape index (κ3) is 4.40. The lowest BCUT2D eigenvalue weighted by molar-refractivity contribution is -0.120. The highest BCUT2D eigenvalue weighted by Crippen LogP contribution is 2.25. The second-order valence-electron chi connectivity index (χ2n) is 8.58. The number of nitrogens with one attached hydrogen (secondary N) is 1. The van der Waals surface area contributed by atoms with E-state index in [9.17, 15) is 9.59 Å². The molecule has 0 fully saturated rings. The fraction of sp³-hybridized carbons (Fsp3) is 0.179. The number of amides is 2. The Labute approximate surface area is 198 Å². The van der Waals surface area contributed by atoms with Crippen LogP contribution in [0.25, 0.3) is 10.8 Å². The molecule has 0 saturated carbocycles. The molecule has 0 radical (unpaired) electrons. The predicted molar refractivity (Wildman–Crippen MR) is 133 cm³/mol. The lowest BCUT2D eigenvalue weighted by Gasteiger charge is -2.35. The van der Waals surface area contributed by atoms with Gasteiger partial charge in [0.15, 0.2) is 0 Å². The van der Waals surface area contributed by atoms with Crippen LogP contribution in [0.3, 0.4) is 0 Å². The molecule has 2 heterocycles. The van der Waals surface area contributed by atoms with E-state index in [-0.39, 0.29) is 11.8 Å². The van der Waals surface area contributed by atoms with E-state index in [0.717, 1.165) is 27.5 Å². The van der Waals surface area contributed by atoms with E-state index >= 15 is 0 Å². The Bertz CT molecular complexity index is 1350. The molecular weight excluding hydrogens is 424 g/mol. The van der Waals surface area contributed by atoms with Gasteiger partial charge >= 0.3 is 0 Å². The molecule has 3 N–H and O–H groups in total. The summed E-state index contributed by atoms with van der Waals surface area (Å²) in [7, 11) is 0. The van der Waals surface area contributed by atoms with Crippen LogP contribution in [0.2, 0.25) is 0 Å². The summed E-state index contributed by atoms with van der Waals surface area (Å²) < 4.78 is 0. The van der Waals surface area contributed by atoms with Gasteiger partial charge in [0.05, 0.1) is 0 Å². The number of anilines is 1. The summed E-state index contributed by atoms with van der Waals surface area (Å²) in [6.07, 6.45) is 4.64. The topological polar surface area (TPSA) is 88.3 Å². The Morgan fingerprint density at radius 3 is 2.68 bits per heavy atom. The van der Waals surface area contributed by atoms with Gasteiger partial charge in [-0.1, -0.05) is 48.5 Å². The van der Waals surface area contributed by atoms with E-state index in [4.69, 9.17) is 5.73 Å². The van der Waals surface area contributed by atoms with Crippen molar-refractivity contribution in [2.45, 2.75) is 25.4 Å². The van der Waals surface area contributed by atoms with Crippen molar-refractivity contribution in [2.75, 3.05) is 11.9 Å². The van der Waals surface area contributed by atoms with Crippen LogP contribution in [-0.2, 0) is 24.2 Å². The highest BCUT2D eigenvalue weighted by atomic mass is 16.2. The maximum absolute atomic E-state index is 13.6. The monoisotopic (exact) mass is 450 g/mol. The fourth-order valence-electron chi connectivity index (χ4n) is 4.55. The summed E-state index contributed by atoms with van der Waals surface area (Å²) in [5, 5.41) is 5.03. The molecule has 170 valence electrons. The van der Waals surface area contributed by atoms with Crippen molar-refractivity contribution < 1.29 is 9.59 Å². The number of aromatic nitrogens is 1. The normalized spacial score (nSPS) is 14.0. The van der Waals surface area contributed by atoms with Crippen molar-refractivity contribution in [1.82, 2.24) is 9.88 Å². The van der Waals surface area contributed by atoms with Crippen molar-refractivity contribution >= 4 is 28.3 Å². The average Bonchev–Trinajstić information content (AvgIpc) is 2.88. The molecule has 0 saturated heterocycles. The van der Waals surface area contributed by atoms with E-state index in [2.05, 4.69) is 10.3 Å². The van der Waals surface area contributed by atoms with E-state index in [1.165, 1.54) is 0 Å². The number of hydrogen-bond acceptors (Lipinski definition) is 4. The van der Waals surface area contributed by atoms with Gasteiger partial charge in [-0.2, -0.15) is 0 Å². The molecule has 1 atom stereocenters. The van der Waals surface area contributed by atoms with Crippen molar-refractivity contribution in [3.05, 3.63) is 107 Å². The standard InChI is InChI=1S/C28H26N4O2/c29-17-20-6-9-25-22(14-20)11-13-32(28(25)34)26(15-19-4-2-1-3-5-19)27(33)31-24-8-7-21-10-12-30-18-23(21)16-24/h1-10,12,14,16,18,26H,11,13,15,17,29H2,(H,31,33). The van der Waals surface area contributed by atoms with E-state index < -0.39 is 6.04 Å². The van der Waals surface area contributed by atoms with E-state index in [1.807, 2.05) is 72.8 Å². The first-order valence-corrected chi connectivity index (χ1v) is 11.4. The van der Waals surface area contributed by atoms with Gasteiger partial charge in [0, 0.05) is 48.5 Å². The minimum atomic E-state index is -0.637. The van der Waals surface area contributed by atoms with Crippen LogP contribution in [0.4, 0.5) is 5.69 Å². The second kappa shape index (κ2) is 9.45. The zero-order chi connectivity index (χ0) is 23.5. The largest absolute Gasteiger partial charge is 0.326 e. The molecule has 4 aromatic rings. The second-order valence-corrected chi connectivity index (χ2v) is 8.58. The van der Waals surface area contributed by atoms with E-state index in [0.29, 0.717) is 37.2 Å². The molecule has 2 amide bonds. The first-order chi connectivity index (χ1) is 16.6. The molecule has 0 spiro atoms. The van der Waals surface area contributed by atoms with Crippen LogP contribution in [0.15, 0.2) is 85.2 Å². The number of hydrogen-bond donors (Lipinski definition) is 2. The zero-order valence-corrected chi connectivity index (χ0v) is 18.8. The number of benzene rings is 3. The van der Waals surface area contributed by atoms with Crippen LogP contribution < -0.4 is 11.1 Å². The molecule has 0 aliphatic carbocycles. The number of pyridine rings is 1. The minimum Gasteiger partial charge on any atom is -0.326 e. The third-order valence-electron chi connectivity index (χ3n) is 6.38. The van der Waals surface area contributed by atoms with Crippen LogP contribution >= 0.6 is 0 Å². The minimum absolute atomic E-state index is 0.122. The first-order valence-electron chi connectivity index (χ1n) is 11.4. The Kier molecular flexibility index (Phi) is 6.06. The SMILES string of the molecule is NCc1ccc2c(c1)CCN(C(Cc1ccccc1)C(=O)Nc1ccc3ccncc3c1)C2=O. The Morgan fingerprint density at radius 1 is 1.00 bits per heavy atom. The summed E-state index contributed by atoms with van der Waals surface area (Å²) in [6, 6.07) is 22.6. The smallest absolute Gasteiger partial charge is 0.254 e. The summed E-state index contributed by atoms with van der Waals surface area (Å²) in [4.78, 5) is 32.9. The number of carbonyl (C=O) groups is 2. The number of nitrogens with two attached hydrogens (primary N) is 1. The van der Waals surface area contributed by atoms with Crippen molar-refractivity contribution in [2.24, 2.45) is 5.73 Å². The van der Waals surface area contributed by atoms with Crippen LogP contribution in [0.5, 0.6) is 0 Å². The number of nitrogens with zero attached hydrogens (tertiary/aromatic N) is 2. The third-order valence-corrected chi connectivity index (χ3v) is 6.38. The van der Waals surface area contributed by atoms with Crippen molar-refractivity contribution in [3.8, 4) is 0 Å². The molecule has 6 heteroatoms. The van der Waals surface area contributed by atoms with Gasteiger partial charge in [0.2, 0.25) is 5.91 Å². The lowest BCUT2D eigenvalue weighted by Crippen LogP contribution is -2.51. The molecule has 5 rings (SSSR count). The molecule has 34 heavy (non-hydrogen) atoms. The van der Waals surface area contributed by atoms with Gasteiger partial charge < -0.3 is 16.0 Å². The molecule has 1 aromatic heterocycles. The van der Waals surface area contributed by atoms with E-state index in [1.54, 1.807) is 17.3 Å². The van der Waals surface area contributed by atoms with Crippen LogP contribution in [-0.4, -0.2) is 34.3 Å². The number of fused-ring (bicyclic) bond motifs is 2. The maximum Gasteiger partial charge on any atom is 0.254 e. The van der Waals surface area contributed by atoms with Gasteiger partial charge in [0.1, 0.15) is 6.04 Å². The zero-order valence-electron chi connectivity index (χ0n) is 18.8. The number of carbonyl (C=O) groups excluding carboxylic acids is 2. The Morgan fingerprint density at radius 2 is 1.85 bits per heavy atom. The Hall–Kier alpha value is -4.03. The van der Waals surface area contributed by atoms with Crippen LogP contribution in [0, 0.1) is 0 Å². The lowest BCUT2D eigenvalue weighted by atomic mass is 9.94. The molecule has 1 unspecified atom stereocenters. The molecule has 1 aliphatic heterocycles. The maximum atomic E-state index is 13.6. The summed E-state index contributed by atoms with van der Waals surface area (Å²) in [6.45, 7) is 0.915. The van der Waals surface area contributed by atoms with Gasteiger partial charge in [-0.15, -0.1) is 0 Å². The molecule has 0 bridgehead atoms. The molecule has 3 aromatic carbocycles. The molecular formula is C28H26N4O2. The number of rotatable bonds is 6.